The fourth-order valence-corrected chi connectivity index (χ4v) is 2.49. The standard InChI is InChI=1S/C15H14F3N5O5/c16-15(17,18)28-11-3-1-9(2-4-11)20-13(24)5-19-10-6-22-7-12(23(25)26)21-14(22)27-8-10/h1-4,7,10,19H,5-6,8H2,(H,20,24). The highest BCUT2D eigenvalue weighted by Gasteiger charge is 2.31. The van der Waals surface area contributed by atoms with Gasteiger partial charge < -0.3 is 30.2 Å². The Bertz CT molecular complexity index is 868. The number of aromatic nitrogens is 2. The van der Waals surface area contributed by atoms with Crippen molar-refractivity contribution in [1.82, 2.24) is 14.9 Å². The molecule has 1 atom stereocenters. The van der Waals surface area contributed by atoms with E-state index in [4.69, 9.17) is 4.74 Å². The van der Waals surface area contributed by atoms with E-state index in [2.05, 4.69) is 20.4 Å². The molecule has 1 aliphatic heterocycles. The van der Waals surface area contributed by atoms with Gasteiger partial charge in [-0.05, 0) is 29.2 Å². The Morgan fingerprint density at radius 3 is 2.75 bits per heavy atom. The van der Waals surface area contributed by atoms with Crippen LogP contribution in [0.2, 0.25) is 0 Å². The number of benzene rings is 1. The second-order valence-corrected chi connectivity index (χ2v) is 5.80. The molecule has 150 valence electrons. The molecule has 1 aromatic heterocycles. The molecular formula is C15H14F3N5O5. The summed E-state index contributed by atoms with van der Waals surface area (Å²) in [6.45, 7) is 0.402. The van der Waals surface area contributed by atoms with E-state index in [0.717, 1.165) is 12.1 Å². The second-order valence-electron chi connectivity index (χ2n) is 5.80. The quantitative estimate of drug-likeness (QED) is 0.558. The van der Waals surface area contributed by atoms with Crippen LogP contribution in [0.15, 0.2) is 30.5 Å². The van der Waals surface area contributed by atoms with E-state index < -0.39 is 22.9 Å². The van der Waals surface area contributed by atoms with Gasteiger partial charge in [0.2, 0.25) is 5.91 Å². The SMILES string of the molecule is O=C(CNC1COc2nc([N+](=O)[O-])cn2C1)Nc1ccc(OC(F)(F)F)cc1. The summed E-state index contributed by atoms with van der Waals surface area (Å²) in [6.07, 6.45) is -3.54. The molecule has 0 saturated heterocycles. The van der Waals surface area contributed by atoms with Gasteiger partial charge in [-0.1, -0.05) is 0 Å². The molecule has 2 N–H and O–H groups in total. The first-order valence-corrected chi connectivity index (χ1v) is 7.93. The zero-order chi connectivity index (χ0) is 20.3. The lowest BCUT2D eigenvalue weighted by Gasteiger charge is -2.22. The number of ether oxygens (including phenoxy) is 2. The fourth-order valence-electron chi connectivity index (χ4n) is 2.49. The van der Waals surface area contributed by atoms with Gasteiger partial charge in [-0.2, -0.15) is 0 Å². The number of nitro groups is 1. The highest BCUT2D eigenvalue weighted by Crippen LogP contribution is 2.24. The maximum absolute atomic E-state index is 12.1. The van der Waals surface area contributed by atoms with E-state index in [9.17, 15) is 28.1 Å². The number of carbonyl (C=O) groups excluding carboxylic acids is 1. The summed E-state index contributed by atoms with van der Waals surface area (Å²) in [7, 11) is 0. The van der Waals surface area contributed by atoms with E-state index in [-0.39, 0.29) is 31.0 Å². The first-order valence-electron chi connectivity index (χ1n) is 7.93. The average molecular weight is 401 g/mol. The molecule has 0 saturated carbocycles. The van der Waals surface area contributed by atoms with Crippen LogP contribution in [-0.2, 0) is 11.3 Å². The van der Waals surface area contributed by atoms with E-state index in [1.807, 2.05) is 0 Å². The van der Waals surface area contributed by atoms with Gasteiger partial charge >= 0.3 is 18.2 Å². The van der Waals surface area contributed by atoms with Crippen LogP contribution in [-0.4, -0.2) is 45.9 Å². The van der Waals surface area contributed by atoms with Crippen LogP contribution >= 0.6 is 0 Å². The molecule has 0 fully saturated rings. The molecule has 2 heterocycles. The summed E-state index contributed by atoms with van der Waals surface area (Å²) in [5.41, 5.74) is 0.300. The summed E-state index contributed by atoms with van der Waals surface area (Å²) in [5.74, 6) is -1.15. The van der Waals surface area contributed by atoms with Crippen LogP contribution in [0.3, 0.4) is 0 Å². The van der Waals surface area contributed by atoms with Gasteiger partial charge in [-0.3, -0.25) is 9.36 Å². The van der Waals surface area contributed by atoms with E-state index in [1.54, 1.807) is 0 Å². The van der Waals surface area contributed by atoms with Crippen LogP contribution < -0.4 is 20.1 Å². The third kappa shape index (κ3) is 5.09. The van der Waals surface area contributed by atoms with Gasteiger partial charge in [0.25, 0.3) is 0 Å². The Balaban J connectivity index is 1.47. The lowest BCUT2D eigenvalue weighted by atomic mass is 10.2. The van der Waals surface area contributed by atoms with Crippen molar-refractivity contribution in [3.63, 3.8) is 0 Å². The zero-order valence-electron chi connectivity index (χ0n) is 14.1. The lowest BCUT2D eigenvalue weighted by molar-refractivity contribution is -0.389. The molecule has 1 amide bonds. The van der Waals surface area contributed by atoms with Crippen molar-refractivity contribution in [2.45, 2.75) is 18.9 Å². The molecule has 2 aromatic rings. The number of anilines is 1. The number of imidazole rings is 1. The van der Waals surface area contributed by atoms with Crippen molar-refractivity contribution in [2.24, 2.45) is 0 Å². The third-order valence-corrected chi connectivity index (χ3v) is 3.67. The largest absolute Gasteiger partial charge is 0.573 e. The molecule has 1 aliphatic rings. The Labute approximate surface area is 155 Å². The Morgan fingerprint density at radius 1 is 1.39 bits per heavy atom. The minimum atomic E-state index is -4.79. The Hall–Kier alpha value is -3.35. The van der Waals surface area contributed by atoms with Gasteiger partial charge in [0.1, 0.15) is 18.6 Å². The molecule has 10 nitrogen and oxygen atoms in total. The highest BCUT2D eigenvalue weighted by atomic mass is 19.4. The van der Waals surface area contributed by atoms with Crippen LogP contribution in [0.1, 0.15) is 0 Å². The summed E-state index contributed by atoms with van der Waals surface area (Å²) in [5, 5.41) is 16.2. The second kappa shape index (κ2) is 7.72. The smallest absolute Gasteiger partial charge is 0.444 e. The maximum Gasteiger partial charge on any atom is 0.573 e. The Morgan fingerprint density at radius 2 is 2.11 bits per heavy atom. The topological polar surface area (TPSA) is 121 Å². The van der Waals surface area contributed by atoms with E-state index in [0.29, 0.717) is 12.2 Å². The minimum absolute atomic E-state index is 0.0963. The minimum Gasteiger partial charge on any atom is -0.444 e. The molecule has 0 spiro atoms. The van der Waals surface area contributed by atoms with Crippen molar-refractivity contribution in [3.05, 3.63) is 40.6 Å². The summed E-state index contributed by atoms with van der Waals surface area (Å²) >= 11 is 0. The Kier molecular flexibility index (Phi) is 5.35. The van der Waals surface area contributed by atoms with Crippen LogP contribution in [0.5, 0.6) is 11.8 Å². The van der Waals surface area contributed by atoms with Crippen LogP contribution in [0.4, 0.5) is 24.7 Å². The van der Waals surface area contributed by atoms with E-state index >= 15 is 0 Å². The summed E-state index contributed by atoms with van der Waals surface area (Å²) in [4.78, 5) is 25.8. The van der Waals surface area contributed by atoms with Gasteiger partial charge in [0, 0.05) is 17.2 Å². The number of amides is 1. The number of nitrogens with one attached hydrogen (secondary N) is 2. The maximum atomic E-state index is 12.1. The number of alkyl halides is 3. The molecule has 0 aliphatic carbocycles. The van der Waals surface area contributed by atoms with Gasteiger partial charge in [0.15, 0.2) is 0 Å². The van der Waals surface area contributed by atoms with Crippen molar-refractivity contribution in [3.8, 4) is 11.8 Å². The highest BCUT2D eigenvalue weighted by molar-refractivity contribution is 5.92. The van der Waals surface area contributed by atoms with Crippen molar-refractivity contribution < 1.29 is 32.4 Å². The molecule has 13 heteroatoms. The predicted molar refractivity (Wildman–Crippen MR) is 87.9 cm³/mol. The number of nitrogens with zero attached hydrogens (tertiary/aromatic N) is 3. The zero-order valence-corrected chi connectivity index (χ0v) is 14.1. The number of hydrogen-bond donors (Lipinski definition) is 2. The third-order valence-electron chi connectivity index (χ3n) is 3.67. The first kappa shape index (κ1) is 19.4. The van der Waals surface area contributed by atoms with Crippen LogP contribution in [0, 0.1) is 10.1 Å². The predicted octanol–water partition coefficient (Wildman–Crippen LogP) is 1.68. The first-order chi connectivity index (χ1) is 13.2. The fraction of sp³-hybridized carbons (Fsp3) is 0.333. The van der Waals surface area contributed by atoms with Gasteiger partial charge in [-0.15, -0.1) is 13.2 Å². The normalized spacial score (nSPS) is 16.0. The number of hydrogen-bond acceptors (Lipinski definition) is 7. The summed E-state index contributed by atoms with van der Waals surface area (Å²) < 4.78 is 46.9. The number of fused-ring (bicyclic) bond motifs is 1. The molecule has 1 aromatic carbocycles. The molecule has 0 radical (unpaired) electrons. The molecule has 0 bridgehead atoms. The molecule has 1 unspecified atom stereocenters. The van der Waals surface area contributed by atoms with Gasteiger partial charge in [0.05, 0.1) is 12.6 Å². The van der Waals surface area contributed by atoms with Crippen molar-refractivity contribution in [1.29, 1.82) is 0 Å². The summed E-state index contributed by atoms with van der Waals surface area (Å²) in [6, 6.07) is 4.57. The van der Waals surface area contributed by atoms with Crippen LogP contribution in [0.25, 0.3) is 0 Å². The van der Waals surface area contributed by atoms with Crippen molar-refractivity contribution in [2.75, 3.05) is 18.5 Å². The molecular weight excluding hydrogens is 387 g/mol. The van der Waals surface area contributed by atoms with Crippen molar-refractivity contribution >= 4 is 17.4 Å². The monoisotopic (exact) mass is 401 g/mol. The molecule has 3 rings (SSSR count). The average Bonchev–Trinajstić information content (AvgIpc) is 3.04. The number of rotatable bonds is 6. The number of halogens is 3. The lowest BCUT2D eigenvalue weighted by Crippen LogP contribution is -2.44. The molecule has 28 heavy (non-hydrogen) atoms. The van der Waals surface area contributed by atoms with E-state index in [1.165, 1.54) is 22.9 Å². The van der Waals surface area contributed by atoms with Gasteiger partial charge in [-0.25, -0.2) is 0 Å². The number of carbonyl (C=O) groups is 1.